The molecule has 0 bridgehead atoms. The maximum absolute atomic E-state index is 6.31. The van der Waals surface area contributed by atoms with Crippen molar-refractivity contribution in [2.24, 2.45) is 0 Å². The van der Waals surface area contributed by atoms with Crippen LogP contribution in [0.1, 0.15) is 0 Å². The lowest BCUT2D eigenvalue weighted by molar-refractivity contribution is 0.669. The molecule has 0 aliphatic heterocycles. The molecule has 0 N–H and O–H groups in total. The van der Waals surface area contributed by atoms with Gasteiger partial charge in [0, 0.05) is 38.7 Å². The fourth-order valence-corrected chi connectivity index (χ4v) is 5.45. The smallest absolute Gasteiger partial charge is 0.153 e. The maximum atomic E-state index is 6.31. The maximum Gasteiger partial charge on any atom is 0.153 e. The summed E-state index contributed by atoms with van der Waals surface area (Å²) in [5.41, 5.74) is 8.67. The van der Waals surface area contributed by atoms with Gasteiger partial charge in [0.05, 0.1) is 16.6 Å². The van der Waals surface area contributed by atoms with Crippen molar-refractivity contribution in [3.05, 3.63) is 97.2 Å². The molecular formula is C29H16N2O. The predicted molar refractivity (Wildman–Crippen MR) is 132 cm³/mol. The zero-order valence-electron chi connectivity index (χ0n) is 17.0. The molecule has 0 amide bonds. The van der Waals surface area contributed by atoms with Crippen LogP contribution in [0.5, 0.6) is 0 Å². The summed E-state index contributed by atoms with van der Waals surface area (Å²) < 4.78 is 8.71. The number of furan rings is 1. The molecule has 8 aromatic rings. The zero-order chi connectivity index (χ0) is 20.8. The second kappa shape index (κ2) is 5.65. The first-order valence-corrected chi connectivity index (χ1v) is 10.8. The molecule has 4 heterocycles. The highest BCUT2D eigenvalue weighted by Crippen LogP contribution is 2.43. The van der Waals surface area contributed by atoms with E-state index in [4.69, 9.17) is 4.42 Å². The molecule has 0 atom stereocenters. The monoisotopic (exact) mass is 408 g/mol. The van der Waals surface area contributed by atoms with Crippen molar-refractivity contribution in [3.63, 3.8) is 0 Å². The summed E-state index contributed by atoms with van der Waals surface area (Å²) in [7, 11) is 0. The van der Waals surface area contributed by atoms with E-state index < -0.39 is 0 Å². The van der Waals surface area contributed by atoms with E-state index in [9.17, 15) is 0 Å². The standard InChI is InChI=1S/C29H16N2O/c1-3-11-24-19(7-1)22-15-17(16-23-20-8-2-4-12-25(20)31(24)28(22)23)18-9-5-10-21-27-26(32-29(18)21)13-6-14-30-27/h1-16H. The van der Waals surface area contributed by atoms with Crippen LogP contribution in [-0.4, -0.2) is 9.38 Å². The molecular weight excluding hydrogens is 392 g/mol. The van der Waals surface area contributed by atoms with Gasteiger partial charge in [0.1, 0.15) is 11.1 Å². The largest absolute Gasteiger partial charge is 0.454 e. The lowest BCUT2D eigenvalue weighted by atomic mass is 9.98. The Hall–Kier alpha value is -4.37. The molecule has 32 heavy (non-hydrogen) atoms. The number of pyridine rings is 1. The van der Waals surface area contributed by atoms with E-state index in [1.54, 1.807) is 0 Å². The highest BCUT2D eigenvalue weighted by Gasteiger charge is 2.20. The number of aromatic nitrogens is 2. The van der Waals surface area contributed by atoms with Crippen LogP contribution in [0.2, 0.25) is 0 Å². The van der Waals surface area contributed by atoms with E-state index in [1.807, 2.05) is 18.3 Å². The van der Waals surface area contributed by atoms with Crippen molar-refractivity contribution in [3.8, 4) is 11.1 Å². The highest BCUT2D eigenvalue weighted by molar-refractivity contribution is 6.24. The Kier molecular flexibility index (Phi) is 2.89. The van der Waals surface area contributed by atoms with Gasteiger partial charge in [-0.15, -0.1) is 0 Å². The average Bonchev–Trinajstić information content (AvgIpc) is 3.50. The van der Waals surface area contributed by atoms with Crippen molar-refractivity contribution >= 4 is 60.2 Å². The lowest BCUT2D eigenvalue weighted by Crippen LogP contribution is -1.81. The van der Waals surface area contributed by atoms with E-state index in [-0.39, 0.29) is 0 Å². The topological polar surface area (TPSA) is 30.4 Å². The number of hydrogen-bond donors (Lipinski definition) is 0. The Morgan fingerprint density at radius 1 is 0.625 bits per heavy atom. The van der Waals surface area contributed by atoms with Gasteiger partial charge in [0.15, 0.2) is 5.58 Å². The first kappa shape index (κ1) is 16.3. The number of hydrogen-bond acceptors (Lipinski definition) is 2. The van der Waals surface area contributed by atoms with Gasteiger partial charge in [-0.3, -0.25) is 4.98 Å². The Morgan fingerprint density at radius 2 is 1.31 bits per heavy atom. The normalized spacial score (nSPS) is 12.4. The van der Waals surface area contributed by atoms with Crippen LogP contribution in [0.3, 0.4) is 0 Å². The molecule has 3 heteroatoms. The van der Waals surface area contributed by atoms with Crippen LogP contribution in [0.4, 0.5) is 0 Å². The molecule has 0 aliphatic rings. The van der Waals surface area contributed by atoms with Crippen LogP contribution >= 0.6 is 0 Å². The molecule has 0 aliphatic carbocycles. The molecule has 4 aromatic carbocycles. The summed E-state index contributed by atoms with van der Waals surface area (Å²) in [6, 6.07) is 32.2. The van der Waals surface area contributed by atoms with Gasteiger partial charge in [0.2, 0.25) is 0 Å². The zero-order valence-corrected chi connectivity index (χ0v) is 17.0. The third kappa shape index (κ3) is 1.89. The van der Waals surface area contributed by atoms with Gasteiger partial charge in [-0.05, 0) is 48.0 Å². The summed E-state index contributed by atoms with van der Waals surface area (Å²) in [6.07, 6.45) is 1.82. The SMILES string of the molecule is c1cnc2c(c1)oc1c(-c3cc4c5ccccc5n5c6ccccc6c(c3)c45)cccc12. The van der Waals surface area contributed by atoms with Crippen molar-refractivity contribution in [1.29, 1.82) is 0 Å². The number of nitrogens with zero attached hydrogens (tertiary/aromatic N) is 2. The van der Waals surface area contributed by atoms with Crippen LogP contribution in [0.25, 0.3) is 71.3 Å². The van der Waals surface area contributed by atoms with Crippen molar-refractivity contribution < 1.29 is 4.42 Å². The molecule has 0 saturated carbocycles. The fourth-order valence-electron chi connectivity index (χ4n) is 5.45. The molecule has 3 nitrogen and oxygen atoms in total. The number of rotatable bonds is 1. The van der Waals surface area contributed by atoms with E-state index in [0.29, 0.717) is 0 Å². The summed E-state index contributed by atoms with van der Waals surface area (Å²) in [5.74, 6) is 0. The number of para-hydroxylation sites is 3. The van der Waals surface area contributed by atoms with Crippen molar-refractivity contribution in [1.82, 2.24) is 9.38 Å². The predicted octanol–water partition coefficient (Wildman–Crippen LogP) is 7.80. The van der Waals surface area contributed by atoms with Crippen molar-refractivity contribution in [2.45, 2.75) is 0 Å². The van der Waals surface area contributed by atoms with Gasteiger partial charge < -0.3 is 8.82 Å². The second-order valence-electron chi connectivity index (χ2n) is 8.42. The summed E-state index contributed by atoms with van der Waals surface area (Å²) >= 11 is 0. The van der Waals surface area contributed by atoms with Crippen LogP contribution < -0.4 is 0 Å². The van der Waals surface area contributed by atoms with Gasteiger partial charge in [-0.1, -0.05) is 48.5 Å². The quantitative estimate of drug-likeness (QED) is 0.277. The van der Waals surface area contributed by atoms with E-state index in [0.717, 1.165) is 33.2 Å². The van der Waals surface area contributed by atoms with Crippen LogP contribution in [-0.2, 0) is 0 Å². The highest BCUT2D eigenvalue weighted by atomic mass is 16.3. The minimum absolute atomic E-state index is 0.822. The van der Waals surface area contributed by atoms with Gasteiger partial charge in [-0.2, -0.15) is 0 Å². The molecule has 0 saturated heterocycles. The fraction of sp³-hybridized carbons (Fsp3) is 0. The first-order chi connectivity index (χ1) is 15.9. The first-order valence-electron chi connectivity index (χ1n) is 10.8. The number of benzene rings is 4. The summed E-state index contributed by atoms with van der Waals surface area (Å²) in [4.78, 5) is 4.56. The molecule has 4 aromatic heterocycles. The summed E-state index contributed by atoms with van der Waals surface area (Å²) in [6.45, 7) is 0. The molecule has 0 spiro atoms. The van der Waals surface area contributed by atoms with E-state index in [2.05, 4.69) is 88.2 Å². The molecule has 8 rings (SSSR count). The van der Waals surface area contributed by atoms with Crippen molar-refractivity contribution in [2.75, 3.05) is 0 Å². The van der Waals surface area contributed by atoms with Crippen LogP contribution in [0, 0.1) is 0 Å². The van der Waals surface area contributed by atoms with Gasteiger partial charge in [0.25, 0.3) is 0 Å². The Balaban J connectivity index is 1.58. The average molecular weight is 408 g/mol. The van der Waals surface area contributed by atoms with E-state index in [1.165, 1.54) is 38.1 Å². The third-order valence-electron chi connectivity index (χ3n) is 6.77. The second-order valence-corrected chi connectivity index (χ2v) is 8.42. The summed E-state index contributed by atoms with van der Waals surface area (Å²) in [5, 5.41) is 6.15. The van der Waals surface area contributed by atoms with Gasteiger partial charge >= 0.3 is 0 Å². The number of fused-ring (bicyclic) bond motifs is 9. The van der Waals surface area contributed by atoms with Gasteiger partial charge in [-0.25, -0.2) is 0 Å². The minimum Gasteiger partial charge on any atom is -0.454 e. The molecule has 0 fully saturated rings. The third-order valence-corrected chi connectivity index (χ3v) is 6.77. The minimum atomic E-state index is 0.822. The lowest BCUT2D eigenvalue weighted by Gasteiger charge is -2.05. The Bertz CT molecular complexity index is 1910. The molecule has 0 unspecified atom stereocenters. The van der Waals surface area contributed by atoms with E-state index >= 15 is 0 Å². The molecule has 0 radical (unpaired) electrons. The Morgan fingerprint density at radius 3 is 2.06 bits per heavy atom. The van der Waals surface area contributed by atoms with Crippen LogP contribution in [0.15, 0.2) is 102 Å². The Labute approximate surface area is 182 Å². The molecule has 148 valence electrons.